The molecule has 2 atom stereocenters. The highest BCUT2D eigenvalue weighted by Crippen LogP contribution is 2.62. The Hall–Kier alpha value is -2.10. The summed E-state index contributed by atoms with van der Waals surface area (Å²) in [4.78, 5) is 12.7. The molecular weight excluding hydrogens is 429 g/mol. The molecule has 1 fully saturated rings. The van der Waals surface area contributed by atoms with Crippen LogP contribution >= 0.6 is 7.26 Å². The second-order valence-electron chi connectivity index (χ2n) is 9.44. The van der Waals surface area contributed by atoms with Gasteiger partial charge < -0.3 is 9.53 Å². The van der Waals surface area contributed by atoms with E-state index in [1.165, 1.54) is 15.9 Å². The standard InChI is InChI=1S/C27H33NO2PSi/c1-32(2,3)26(29)21-30-27-25(19-20-28-27)31(22-13-7-4-8-14-22,23-15-9-5-10-16-23)24-17-11-6-12-18-24/h4-18,25,27-28H,19-21H2,1-3H3/q+1/t25-,27-/m0/s1. The molecule has 3 aromatic carbocycles. The fourth-order valence-corrected chi connectivity index (χ4v) is 10.2. The van der Waals surface area contributed by atoms with Crippen molar-refractivity contribution >= 4 is 36.7 Å². The zero-order valence-corrected chi connectivity index (χ0v) is 21.1. The third-order valence-electron chi connectivity index (χ3n) is 6.35. The molecule has 3 aromatic rings. The zero-order chi connectivity index (χ0) is 22.6. The predicted molar refractivity (Wildman–Crippen MR) is 140 cm³/mol. The lowest BCUT2D eigenvalue weighted by atomic mass is 10.3. The highest BCUT2D eigenvalue weighted by Gasteiger charge is 2.57. The number of ether oxygens (including phenoxy) is 1. The van der Waals surface area contributed by atoms with E-state index < -0.39 is 15.3 Å². The van der Waals surface area contributed by atoms with Gasteiger partial charge in [0.05, 0.1) is 0 Å². The molecule has 1 heterocycles. The van der Waals surface area contributed by atoms with Gasteiger partial charge in [0.25, 0.3) is 0 Å². The third-order valence-corrected chi connectivity index (χ3v) is 13.0. The van der Waals surface area contributed by atoms with Crippen molar-refractivity contribution in [3.63, 3.8) is 0 Å². The number of benzene rings is 3. The van der Waals surface area contributed by atoms with Crippen molar-refractivity contribution in [1.29, 1.82) is 0 Å². The Bertz CT molecular complexity index is 925. The maximum atomic E-state index is 12.7. The van der Waals surface area contributed by atoms with Gasteiger partial charge in [0.1, 0.15) is 55.2 Å². The van der Waals surface area contributed by atoms with Crippen LogP contribution in [-0.4, -0.2) is 38.5 Å². The fourth-order valence-electron chi connectivity index (χ4n) is 4.62. The first-order valence-corrected chi connectivity index (χ1v) is 16.7. The molecule has 0 radical (unpaired) electrons. The molecule has 0 bridgehead atoms. The average Bonchev–Trinajstić information content (AvgIpc) is 3.28. The number of nitrogens with one attached hydrogen (secondary N) is 1. The Morgan fingerprint density at radius 2 is 1.28 bits per heavy atom. The fraction of sp³-hybridized carbons (Fsp3) is 0.296. The summed E-state index contributed by atoms with van der Waals surface area (Å²) in [5.41, 5.74) is 0.254. The van der Waals surface area contributed by atoms with E-state index in [-0.39, 0.29) is 23.9 Å². The maximum absolute atomic E-state index is 12.7. The van der Waals surface area contributed by atoms with Gasteiger partial charge in [-0.15, -0.1) is 0 Å². The average molecular weight is 463 g/mol. The van der Waals surface area contributed by atoms with Crippen molar-refractivity contribution < 1.29 is 9.53 Å². The Labute approximate surface area is 193 Å². The normalized spacial score (nSPS) is 19.1. The van der Waals surface area contributed by atoms with Crippen molar-refractivity contribution in [3.05, 3.63) is 91.0 Å². The van der Waals surface area contributed by atoms with Crippen LogP contribution in [0.4, 0.5) is 0 Å². The second-order valence-corrected chi connectivity index (χ2v) is 18.2. The smallest absolute Gasteiger partial charge is 0.146 e. The summed E-state index contributed by atoms with van der Waals surface area (Å²) < 4.78 is 6.38. The second kappa shape index (κ2) is 9.80. The van der Waals surface area contributed by atoms with Gasteiger partial charge in [-0.1, -0.05) is 74.2 Å². The molecule has 0 amide bonds. The highest BCUT2D eigenvalue weighted by atomic mass is 31.2. The minimum absolute atomic E-state index is 0.149. The molecule has 3 nitrogen and oxygen atoms in total. The number of carbonyl (C=O) groups is 1. The molecule has 1 saturated heterocycles. The van der Waals surface area contributed by atoms with Gasteiger partial charge in [-0.25, -0.2) is 0 Å². The van der Waals surface area contributed by atoms with E-state index in [1.807, 2.05) is 0 Å². The molecule has 1 aliphatic rings. The van der Waals surface area contributed by atoms with Crippen LogP contribution in [0.1, 0.15) is 6.42 Å². The molecule has 0 unspecified atom stereocenters. The van der Waals surface area contributed by atoms with E-state index in [1.54, 1.807) is 0 Å². The van der Waals surface area contributed by atoms with Gasteiger partial charge >= 0.3 is 0 Å². The minimum Gasteiger partial charge on any atom is -0.352 e. The molecule has 0 saturated carbocycles. The Morgan fingerprint density at radius 1 is 0.844 bits per heavy atom. The van der Waals surface area contributed by atoms with Crippen LogP contribution in [0, 0.1) is 0 Å². The first-order valence-electron chi connectivity index (χ1n) is 11.4. The lowest BCUT2D eigenvalue weighted by molar-refractivity contribution is -0.119. The molecule has 0 aromatic heterocycles. The van der Waals surface area contributed by atoms with Crippen molar-refractivity contribution in [2.24, 2.45) is 0 Å². The van der Waals surface area contributed by atoms with E-state index in [0.717, 1.165) is 13.0 Å². The SMILES string of the molecule is C[Si](C)(C)C(=O)CO[C@@H]1NCC[C@@H]1[P+](c1ccccc1)(c1ccccc1)c1ccccc1. The summed E-state index contributed by atoms with van der Waals surface area (Å²) in [6.45, 7) is 7.36. The molecule has 166 valence electrons. The van der Waals surface area contributed by atoms with E-state index in [9.17, 15) is 4.79 Å². The van der Waals surface area contributed by atoms with Gasteiger partial charge in [0.2, 0.25) is 0 Å². The number of hydrogen-bond acceptors (Lipinski definition) is 3. The number of carbonyl (C=O) groups excluding carboxylic acids is 1. The van der Waals surface area contributed by atoms with Crippen molar-refractivity contribution in [2.45, 2.75) is 37.9 Å². The maximum Gasteiger partial charge on any atom is 0.146 e. The van der Waals surface area contributed by atoms with Crippen LogP contribution < -0.4 is 21.2 Å². The lowest BCUT2D eigenvalue weighted by Gasteiger charge is -2.35. The predicted octanol–water partition coefficient (Wildman–Crippen LogP) is 4.13. The molecule has 0 spiro atoms. The Kier molecular flexibility index (Phi) is 7.07. The zero-order valence-electron chi connectivity index (χ0n) is 19.2. The molecule has 0 aliphatic carbocycles. The van der Waals surface area contributed by atoms with Gasteiger partial charge in [-0.2, -0.15) is 0 Å². The van der Waals surface area contributed by atoms with Crippen LogP contribution in [0.2, 0.25) is 19.6 Å². The highest BCUT2D eigenvalue weighted by molar-refractivity contribution is 7.96. The van der Waals surface area contributed by atoms with E-state index >= 15 is 0 Å². The topological polar surface area (TPSA) is 38.3 Å². The van der Waals surface area contributed by atoms with Crippen LogP contribution in [0.25, 0.3) is 0 Å². The first kappa shape index (κ1) is 23.1. The summed E-state index contributed by atoms with van der Waals surface area (Å²) in [7, 11) is -3.92. The molecular formula is C27H33NO2PSi+. The summed E-state index contributed by atoms with van der Waals surface area (Å²) in [6, 6.07) is 32.8. The Morgan fingerprint density at radius 3 is 1.69 bits per heavy atom. The summed E-state index contributed by atoms with van der Waals surface area (Å²) >= 11 is 0. The van der Waals surface area contributed by atoms with Crippen molar-refractivity contribution in [1.82, 2.24) is 5.32 Å². The van der Waals surface area contributed by atoms with Crippen LogP contribution in [0.5, 0.6) is 0 Å². The molecule has 1 N–H and O–H groups in total. The first-order chi connectivity index (χ1) is 15.4. The Balaban J connectivity index is 1.85. The van der Waals surface area contributed by atoms with E-state index in [4.69, 9.17) is 4.74 Å². The van der Waals surface area contributed by atoms with E-state index in [0.29, 0.717) is 0 Å². The van der Waals surface area contributed by atoms with Crippen molar-refractivity contribution in [2.75, 3.05) is 13.2 Å². The van der Waals surface area contributed by atoms with Gasteiger partial charge in [0.15, 0.2) is 0 Å². The number of hydrogen-bond donors (Lipinski definition) is 1. The van der Waals surface area contributed by atoms with Crippen molar-refractivity contribution in [3.8, 4) is 0 Å². The van der Waals surface area contributed by atoms with Crippen LogP contribution in [0.3, 0.4) is 0 Å². The molecule has 32 heavy (non-hydrogen) atoms. The minimum atomic E-state index is -2.05. The summed E-state index contributed by atoms with van der Waals surface area (Å²) in [5.74, 6) is 0. The van der Waals surface area contributed by atoms with E-state index in [2.05, 4.69) is 116 Å². The third kappa shape index (κ3) is 4.51. The quantitative estimate of drug-likeness (QED) is 0.404. The van der Waals surface area contributed by atoms with Crippen LogP contribution in [0.15, 0.2) is 91.0 Å². The summed E-state index contributed by atoms with van der Waals surface area (Å²) in [6.07, 6.45) is 0.863. The molecule has 1 aliphatic heterocycles. The monoisotopic (exact) mass is 462 g/mol. The summed E-state index contributed by atoms with van der Waals surface area (Å²) in [5, 5.41) is 7.94. The van der Waals surface area contributed by atoms with Gasteiger partial charge in [0, 0.05) is 13.0 Å². The largest absolute Gasteiger partial charge is 0.352 e. The molecule has 5 heteroatoms. The van der Waals surface area contributed by atoms with Gasteiger partial charge in [-0.3, -0.25) is 5.32 Å². The molecule has 4 rings (SSSR count). The van der Waals surface area contributed by atoms with Crippen LogP contribution in [-0.2, 0) is 9.53 Å². The number of rotatable bonds is 8. The van der Waals surface area contributed by atoms with Gasteiger partial charge in [-0.05, 0) is 36.4 Å². The lowest BCUT2D eigenvalue weighted by Crippen LogP contribution is -2.47.